The zero-order valence-corrected chi connectivity index (χ0v) is 8.76. The molecule has 0 saturated carbocycles. The lowest BCUT2D eigenvalue weighted by molar-refractivity contribution is -0.165. The standard InChI is InChI=1S/C10H18O3/c1-9(2,3)7-5-6-10(4,13-7)8(11)12/h7H,5-6H2,1-4H3,(H,11,12). The smallest absolute Gasteiger partial charge is 0.335 e. The average Bonchev–Trinajstić information content (AvgIpc) is 2.31. The molecule has 1 aliphatic rings. The van der Waals surface area contributed by atoms with Crippen molar-refractivity contribution in [2.75, 3.05) is 0 Å². The molecule has 76 valence electrons. The van der Waals surface area contributed by atoms with Gasteiger partial charge in [-0.15, -0.1) is 0 Å². The van der Waals surface area contributed by atoms with E-state index in [0.29, 0.717) is 6.42 Å². The van der Waals surface area contributed by atoms with Crippen molar-refractivity contribution < 1.29 is 14.6 Å². The van der Waals surface area contributed by atoms with Crippen LogP contribution in [0.1, 0.15) is 40.5 Å². The Bertz CT molecular complexity index is 217. The summed E-state index contributed by atoms with van der Waals surface area (Å²) >= 11 is 0. The molecule has 1 rings (SSSR count). The van der Waals surface area contributed by atoms with E-state index in [-0.39, 0.29) is 11.5 Å². The van der Waals surface area contributed by atoms with Crippen molar-refractivity contribution in [2.24, 2.45) is 5.41 Å². The number of hydrogen-bond acceptors (Lipinski definition) is 2. The maximum Gasteiger partial charge on any atom is 0.335 e. The summed E-state index contributed by atoms with van der Waals surface area (Å²) in [5.74, 6) is -0.848. The topological polar surface area (TPSA) is 46.5 Å². The van der Waals surface area contributed by atoms with E-state index in [0.717, 1.165) is 6.42 Å². The third-order valence-electron chi connectivity index (χ3n) is 2.70. The summed E-state index contributed by atoms with van der Waals surface area (Å²) in [7, 11) is 0. The van der Waals surface area contributed by atoms with E-state index >= 15 is 0 Å². The molecule has 2 unspecified atom stereocenters. The lowest BCUT2D eigenvalue weighted by atomic mass is 9.87. The van der Waals surface area contributed by atoms with E-state index in [1.807, 2.05) is 0 Å². The van der Waals surface area contributed by atoms with Gasteiger partial charge in [0, 0.05) is 0 Å². The third kappa shape index (κ3) is 2.02. The lowest BCUT2D eigenvalue weighted by Crippen LogP contribution is -2.37. The molecule has 0 amide bonds. The lowest BCUT2D eigenvalue weighted by Gasteiger charge is -2.28. The highest BCUT2D eigenvalue weighted by molar-refractivity contribution is 5.77. The Morgan fingerprint density at radius 1 is 1.54 bits per heavy atom. The summed E-state index contributed by atoms with van der Waals surface area (Å²) < 4.78 is 5.58. The number of carboxylic acid groups (broad SMARTS) is 1. The molecule has 2 atom stereocenters. The summed E-state index contributed by atoms with van der Waals surface area (Å²) in [6.07, 6.45) is 1.52. The fourth-order valence-electron chi connectivity index (χ4n) is 1.61. The third-order valence-corrected chi connectivity index (χ3v) is 2.70. The van der Waals surface area contributed by atoms with Gasteiger partial charge in [0.2, 0.25) is 0 Å². The molecule has 0 radical (unpaired) electrons. The zero-order chi connectivity index (χ0) is 10.3. The minimum Gasteiger partial charge on any atom is -0.479 e. The van der Waals surface area contributed by atoms with Gasteiger partial charge in [0.05, 0.1) is 6.10 Å². The van der Waals surface area contributed by atoms with Crippen LogP contribution in [0.25, 0.3) is 0 Å². The summed E-state index contributed by atoms with van der Waals surface area (Å²) in [6, 6.07) is 0. The Balaban J connectivity index is 2.69. The van der Waals surface area contributed by atoms with E-state index in [1.54, 1.807) is 6.92 Å². The van der Waals surface area contributed by atoms with Crippen molar-refractivity contribution in [2.45, 2.75) is 52.2 Å². The monoisotopic (exact) mass is 186 g/mol. The molecule has 3 nitrogen and oxygen atoms in total. The highest BCUT2D eigenvalue weighted by Crippen LogP contribution is 2.38. The maximum atomic E-state index is 10.9. The van der Waals surface area contributed by atoms with Crippen LogP contribution in [0.15, 0.2) is 0 Å². The minimum atomic E-state index is -0.960. The second-order valence-electron chi connectivity index (χ2n) is 5.05. The molecular weight excluding hydrogens is 168 g/mol. The SMILES string of the molecule is CC1(C(=O)O)CCC(C(C)(C)C)O1. The van der Waals surface area contributed by atoms with Crippen LogP contribution >= 0.6 is 0 Å². The van der Waals surface area contributed by atoms with Crippen molar-refractivity contribution in [3.63, 3.8) is 0 Å². The van der Waals surface area contributed by atoms with Crippen LogP contribution in [0.3, 0.4) is 0 Å². The van der Waals surface area contributed by atoms with Crippen LogP contribution in [0.5, 0.6) is 0 Å². The number of carboxylic acids is 1. The van der Waals surface area contributed by atoms with Gasteiger partial charge in [-0.2, -0.15) is 0 Å². The van der Waals surface area contributed by atoms with Gasteiger partial charge < -0.3 is 9.84 Å². The van der Waals surface area contributed by atoms with Gasteiger partial charge in [-0.05, 0) is 25.2 Å². The van der Waals surface area contributed by atoms with Crippen LogP contribution in [0.2, 0.25) is 0 Å². The van der Waals surface area contributed by atoms with E-state index in [1.165, 1.54) is 0 Å². The normalized spacial score (nSPS) is 34.9. The Hall–Kier alpha value is -0.570. The van der Waals surface area contributed by atoms with Gasteiger partial charge in [-0.3, -0.25) is 0 Å². The Morgan fingerprint density at radius 3 is 2.31 bits per heavy atom. The highest BCUT2D eigenvalue weighted by Gasteiger charge is 2.45. The van der Waals surface area contributed by atoms with E-state index in [9.17, 15) is 4.79 Å². The predicted molar refractivity (Wildman–Crippen MR) is 49.6 cm³/mol. The van der Waals surface area contributed by atoms with E-state index in [4.69, 9.17) is 9.84 Å². The second kappa shape index (κ2) is 2.98. The van der Waals surface area contributed by atoms with Gasteiger partial charge in [-0.25, -0.2) is 4.79 Å². The van der Waals surface area contributed by atoms with Crippen LogP contribution in [-0.4, -0.2) is 22.8 Å². The fourth-order valence-corrected chi connectivity index (χ4v) is 1.61. The summed E-state index contributed by atoms with van der Waals surface area (Å²) in [5, 5.41) is 8.93. The first-order valence-electron chi connectivity index (χ1n) is 4.67. The van der Waals surface area contributed by atoms with Crippen molar-refractivity contribution in [1.82, 2.24) is 0 Å². The minimum absolute atomic E-state index is 0.0349. The molecule has 1 aliphatic heterocycles. The molecule has 1 N–H and O–H groups in total. The van der Waals surface area contributed by atoms with Gasteiger partial charge in [0.1, 0.15) is 0 Å². The molecule has 0 aromatic rings. The molecule has 1 heterocycles. The molecule has 0 aromatic carbocycles. The van der Waals surface area contributed by atoms with Crippen LogP contribution in [0, 0.1) is 5.41 Å². The number of aliphatic carboxylic acids is 1. The average molecular weight is 186 g/mol. The van der Waals surface area contributed by atoms with Gasteiger partial charge in [-0.1, -0.05) is 20.8 Å². The number of ether oxygens (including phenoxy) is 1. The number of carbonyl (C=O) groups is 1. The molecule has 0 bridgehead atoms. The fraction of sp³-hybridized carbons (Fsp3) is 0.900. The first-order chi connectivity index (χ1) is 5.76. The van der Waals surface area contributed by atoms with E-state index in [2.05, 4.69) is 20.8 Å². The van der Waals surface area contributed by atoms with Gasteiger partial charge >= 0.3 is 5.97 Å². The van der Waals surface area contributed by atoms with Crippen molar-refractivity contribution in [1.29, 1.82) is 0 Å². The van der Waals surface area contributed by atoms with Crippen LogP contribution in [-0.2, 0) is 9.53 Å². The molecule has 0 aromatic heterocycles. The van der Waals surface area contributed by atoms with E-state index < -0.39 is 11.6 Å². The molecule has 0 aliphatic carbocycles. The van der Waals surface area contributed by atoms with Crippen molar-refractivity contribution in [3.05, 3.63) is 0 Å². The highest BCUT2D eigenvalue weighted by atomic mass is 16.5. The Labute approximate surface area is 79.1 Å². The van der Waals surface area contributed by atoms with Crippen LogP contribution in [0.4, 0.5) is 0 Å². The van der Waals surface area contributed by atoms with Crippen LogP contribution < -0.4 is 0 Å². The largest absolute Gasteiger partial charge is 0.479 e. The maximum absolute atomic E-state index is 10.9. The first-order valence-corrected chi connectivity index (χ1v) is 4.67. The molecular formula is C10H18O3. The number of hydrogen-bond donors (Lipinski definition) is 1. The second-order valence-corrected chi connectivity index (χ2v) is 5.05. The zero-order valence-electron chi connectivity index (χ0n) is 8.76. The van der Waals surface area contributed by atoms with Gasteiger partial charge in [0.15, 0.2) is 5.60 Å². The Kier molecular flexibility index (Phi) is 2.41. The van der Waals surface area contributed by atoms with Crippen molar-refractivity contribution >= 4 is 5.97 Å². The molecule has 1 fully saturated rings. The summed E-state index contributed by atoms with van der Waals surface area (Å²) in [6.45, 7) is 7.88. The summed E-state index contributed by atoms with van der Waals surface area (Å²) in [4.78, 5) is 10.9. The number of rotatable bonds is 1. The molecule has 13 heavy (non-hydrogen) atoms. The molecule has 0 spiro atoms. The molecule has 3 heteroatoms. The van der Waals surface area contributed by atoms with Crippen molar-refractivity contribution in [3.8, 4) is 0 Å². The quantitative estimate of drug-likeness (QED) is 0.681. The van der Waals surface area contributed by atoms with Gasteiger partial charge in [0.25, 0.3) is 0 Å². The molecule has 1 saturated heterocycles. The predicted octanol–water partition coefficient (Wildman–Crippen LogP) is 2.05. The summed E-state index contributed by atoms with van der Waals surface area (Å²) in [5.41, 5.74) is -0.925. The first kappa shape index (κ1) is 10.5. The Morgan fingerprint density at radius 2 is 2.08 bits per heavy atom.